The average Bonchev–Trinajstić information content (AvgIpc) is 3.09. The highest BCUT2D eigenvalue weighted by molar-refractivity contribution is 6.32. The summed E-state index contributed by atoms with van der Waals surface area (Å²) in [6.45, 7) is 0.644. The van der Waals surface area contributed by atoms with Crippen molar-refractivity contribution in [3.63, 3.8) is 0 Å². The maximum atomic E-state index is 9.08. The number of hydrogen-bond donors (Lipinski definition) is 1. The normalized spacial score (nSPS) is 14.9. The molecule has 1 aromatic carbocycles. The van der Waals surface area contributed by atoms with E-state index in [1.165, 1.54) is 12.8 Å². The Balaban J connectivity index is 2.19. The van der Waals surface area contributed by atoms with Gasteiger partial charge in [-0.3, -0.25) is 0 Å². The van der Waals surface area contributed by atoms with E-state index in [9.17, 15) is 0 Å². The molecule has 1 saturated carbocycles. The third-order valence-corrected chi connectivity index (χ3v) is 2.91. The molecule has 1 aromatic rings. The van der Waals surface area contributed by atoms with Crippen molar-refractivity contribution >= 4 is 11.6 Å². The van der Waals surface area contributed by atoms with Crippen LogP contribution in [0, 0.1) is 5.92 Å². The summed E-state index contributed by atoms with van der Waals surface area (Å²) >= 11 is 6.03. The number of methoxy groups -OCH3 is 1. The van der Waals surface area contributed by atoms with Crippen molar-refractivity contribution in [3.05, 3.63) is 22.7 Å². The molecule has 1 aliphatic carbocycles. The van der Waals surface area contributed by atoms with E-state index in [-0.39, 0.29) is 6.61 Å². The summed E-state index contributed by atoms with van der Waals surface area (Å²) in [4.78, 5) is 0. The van der Waals surface area contributed by atoms with Gasteiger partial charge < -0.3 is 14.6 Å². The third kappa shape index (κ3) is 2.60. The Bertz CT molecular complexity index is 375. The molecule has 88 valence electrons. The summed E-state index contributed by atoms with van der Waals surface area (Å²) in [5.41, 5.74) is 0.733. The molecule has 0 amide bonds. The van der Waals surface area contributed by atoms with Crippen LogP contribution >= 0.6 is 11.6 Å². The van der Waals surface area contributed by atoms with Gasteiger partial charge >= 0.3 is 0 Å². The summed E-state index contributed by atoms with van der Waals surface area (Å²) in [7, 11) is 1.56. The molecule has 0 atom stereocenters. The quantitative estimate of drug-likeness (QED) is 0.863. The lowest BCUT2D eigenvalue weighted by atomic mass is 10.2. The molecule has 1 fully saturated rings. The van der Waals surface area contributed by atoms with Gasteiger partial charge in [-0.25, -0.2) is 0 Å². The lowest BCUT2D eigenvalue weighted by molar-refractivity contribution is 0.270. The van der Waals surface area contributed by atoms with Crippen LogP contribution in [0.5, 0.6) is 11.5 Å². The molecule has 0 aromatic heterocycles. The SMILES string of the molecule is COc1c(Cl)cc(CO)cc1OCC1CC1. The van der Waals surface area contributed by atoms with Crippen LogP contribution in [0.15, 0.2) is 12.1 Å². The standard InChI is InChI=1S/C12H15ClO3/c1-15-12-10(13)4-9(6-14)5-11(12)16-7-8-2-3-8/h4-5,8,14H,2-3,6-7H2,1H3. The van der Waals surface area contributed by atoms with Crippen LogP contribution in [0.2, 0.25) is 5.02 Å². The Hall–Kier alpha value is -0.930. The minimum absolute atomic E-state index is 0.0521. The van der Waals surface area contributed by atoms with E-state index >= 15 is 0 Å². The monoisotopic (exact) mass is 242 g/mol. The van der Waals surface area contributed by atoms with Gasteiger partial charge in [0, 0.05) is 0 Å². The van der Waals surface area contributed by atoms with Gasteiger partial charge in [0.05, 0.1) is 25.3 Å². The molecule has 0 spiro atoms. The van der Waals surface area contributed by atoms with E-state index in [0.717, 1.165) is 5.56 Å². The molecule has 0 aliphatic heterocycles. The molecular formula is C12H15ClO3. The second-order valence-electron chi connectivity index (χ2n) is 4.02. The largest absolute Gasteiger partial charge is 0.491 e. The molecule has 2 rings (SSSR count). The maximum Gasteiger partial charge on any atom is 0.179 e. The molecule has 1 N–H and O–H groups in total. The van der Waals surface area contributed by atoms with E-state index < -0.39 is 0 Å². The molecule has 0 heterocycles. The zero-order valence-electron chi connectivity index (χ0n) is 9.20. The zero-order valence-corrected chi connectivity index (χ0v) is 9.96. The third-order valence-electron chi connectivity index (χ3n) is 2.63. The minimum atomic E-state index is -0.0521. The predicted octanol–water partition coefficient (Wildman–Crippen LogP) is 2.63. The van der Waals surface area contributed by atoms with Gasteiger partial charge in [-0.2, -0.15) is 0 Å². The van der Waals surface area contributed by atoms with E-state index in [1.54, 1.807) is 19.2 Å². The first-order valence-electron chi connectivity index (χ1n) is 5.34. The smallest absolute Gasteiger partial charge is 0.179 e. The topological polar surface area (TPSA) is 38.7 Å². The summed E-state index contributed by atoms with van der Waals surface area (Å²) < 4.78 is 10.8. The van der Waals surface area contributed by atoms with Gasteiger partial charge in [0.25, 0.3) is 0 Å². The molecule has 0 bridgehead atoms. The molecule has 0 radical (unpaired) electrons. The minimum Gasteiger partial charge on any atom is -0.491 e. The highest BCUT2D eigenvalue weighted by Gasteiger charge is 2.23. The van der Waals surface area contributed by atoms with Crippen LogP contribution in [-0.4, -0.2) is 18.8 Å². The number of ether oxygens (including phenoxy) is 2. The Morgan fingerprint density at radius 1 is 1.44 bits per heavy atom. The molecule has 3 nitrogen and oxygen atoms in total. The highest BCUT2D eigenvalue weighted by Crippen LogP contribution is 2.38. The van der Waals surface area contributed by atoms with Gasteiger partial charge in [0.2, 0.25) is 0 Å². The predicted molar refractivity (Wildman–Crippen MR) is 62.1 cm³/mol. The van der Waals surface area contributed by atoms with Crippen LogP contribution in [0.3, 0.4) is 0 Å². The van der Waals surface area contributed by atoms with Crippen molar-refractivity contribution in [1.82, 2.24) is 0 Å². The van der Waals surface area contributed by atoms with Crippen LogP contribution in [0.25, 0.3) is 0 Å². The first-order chi connectivity index (χ1) is 7.74. The summed E-state index contributed by atoms with van der Waals surface area (Å²) in [5.74, 6) is 1.83. The Morgan fingerprint density at radius 3 is 2.75 bits per heavy atom. The lowest BCUT2D eigenvalue weighted by Crippen LogP contribution is -2.02. The van der Waals surface area contributed by atoms with Crippen molar-refractivity contribution in [2.24, 2.45) is 5.92 Å². The van der Waals surface area contributed by atoms with Crippen LogP contribution in [-0.2, 0) is 6.61 Å². The highest BCUT2D eigenvalue weighted by atomic mass is 35.5. The second-order valence-corrected chi connectivity index (χ2v) is 4.43. The maximum absolute atomic E-state index is 9.08. The fourth-order valence-electron chi connectivity index (χ4n) is 1.51. The van der Waals surface area contributed by atoms with Crippen molar-refractivity contribution in [1.29, 1.82) is 0 Å². The van der Waals surface area contributed by atoms with Crippen LogP contribution < -0.4 is 9.47 Å². The Kier molecular flexibility index (Phi) is 3.56. The van der Waals surface area contributed by atoms with Gasteiger partial charge in [-0.15, -0.1) is 0 Å². The average molecular weight is 243 g/mol. The summed E-state index contributed by atoms with van der Waals surface area (Å²) in [6.07, 6.45) is 2.46. The molecular weight excluding hydrogens is 228 g/mol. The summed E-state index contributed by atoms with van der Waals surface area (Å²) in [6, 6.07) is 3.46. The van der Waals surface area contributed by atoms with E-state index in [1.807, 2.05) is 0 Å². The second kappa shape index (κ2) is 4.93. The lowest BCUT2D eigenvalue weighted by Gasteiger charge is -2.13. The number of aliphatic hydroxyl groups is 1. The molecule has 0 unspecified atom stereocenters. The Morgan fingerprint density at radius 2 is 2.19 bits per heavy atom. The van der Waals surface area contributed by atoms with Crippen molar-refractivity contribution in [2.75, 3.05) is 13.7 Å². The van der Waals surface area contributed by atoms with E-state index in [0.29, 0.717) is 29.0 Å². The fourth-order valence-corrected chi connectivity index (χ4v) is 1.82. The van der Waals surface area contributed by atoms with Crippen LogP contribution in [0.4, 0.5) is 0 Å². The van der Waals surface area contributed by atoms with Gasteiger partial charge in [0.15, 0.2) is 11.5 Å². The molecule has 1 aliphatic rings. The van der Waals surface area contributed by atoms with Crippen molar-refractivity contribution in [2.45, 2.75) is 19.4 Å². The molecule has 4 heteroatoms. The summed E-state index contributed by atoms with van der Waals surface area (Å²) in [5, 5.41) is 9.56. The first-order valence-corrected chi connectivity index (χ1v) is 5.72. The molecule has 16 heavy (non-hydrogen) atoms. The fraction of sp³-hybridized carbons (Fsp3) is 0.500. The van der Waals surface area contributed by atoms with E-state index in [2.05, 4.69) is 0 Å². The first kappa shape index (κ1) is 11.6. The number of aliphatic hydroxyl groups excluding tert-OH is 1. The number of halogens is 1. The Labute approximate surface area is 99.9 Å². The van der Waals surface area contributed by atoms with Gasteiger partial charge in [0.1, 0.15) is 0 Å². The number of hydrogen-bond acceptors (Lipinski definition) is 3. The number of rotatable bonds is 5. The van der Waals surface area contributed by atoms with Gasteiger partial charge in [-0.05, 0) is 36.5 Å². The molecule has 0 saturated heterocycles. The number of benzene rings is 1. The van der Waals surface area contributed by atoms with Crippen molar-refractivity contribution < 1.29 is 14.6 Å². The van der Waals surface area contributed by atoms with E-state index in [4.69, 9.17) is 26.2 Å². The van der Waals surface area contributed by atoms with Crippen molar-refractivity contribution in [3.8, 4) is 11.5 Å². The van der Waals surface area contributed by atoms with Crippen LogP contribution in [0.1, 0.15) is 18.4 Å². The van der Waals surface area contributed by atoms with Gasteiger partial charge in [-0.1, -0.05) is 11.6 Å². The zero-order chi connectivity index (χ0) is 11.5.